The fraction of sp³-hybridized carbons (Fsp3) is 0.500. The molecular formula is C14H15F3N4OS. The fourth-order valence-electron chi connectivity index (χ4n) is 2.63. The van der Waals surface area contributed by atoms with Crippen LogP contribution >= 0.6 is 11.3 Å². The third-order valence-electron chi connectivity index (χ3n) is 3.82. The molecule has 2 aromatic rings. The van der Waals surface area contributed by atoms with Crippen LogP contribution in [-0.2, 0) is 25.6 Å². The predicted octanol–water partition coefficient (Wildman–Crippen LogP) is 3.04. The van der Waals surface area contributed by atoms with Crippen molar-refractivity contribution in [3.8, 4) is 0 Å². The highest BCUT2D eigenvalue weighted by Crippen LogP contribution is 2.30. The van der Waals surface area contributed by atoms with Crippen molar-refractivity contribution < 1.29 is 18.0 Å². The van der Waals surface area contributed by atoms with Crippen molar-refractivity contribution in [1.82, 2.24) is 20.1 Å². The minimum Gasteiger partial charge on any atom is -0.334 e. The normalized spacial score (nSPS) is 14.6. The van der Waals surface area contributed by atoms with Crippen LogP contribution in [0.3, 0.4) is 0 Å². The number of alkyl halides is 3. The molecule has 2 aromatic heterocycles. The van der Waals surface area contributed by atoms with E-state index in [4.69, 9.17) is 0 Å². The predicted molar refractivity (Wildman–Crippen MR) is 78.1 cm³/mol. The number of hydrogen-bond acceptors (Lipinski definition) is 4. The Balaban J connectivity index is 1.73. The zero-order valence-electron chi connectivity index (χ0n) is 12.4. The Morgan fingerprint density at radius 2 is 2.13 bits per heavy atom. The number of amides is 1. The summed E-state index contributed by atoms with van der Waals surface area (Å²) in [6.45, 7) is 0.0290. The summed E-state index contributed by atoms with van der Waals surface area (Å²) in [7, 11) is 1.54. The summed E-state index contributed by atoms with van der Waals surface area (Å²) >= 11 is 0.895. The number of hydrogen-bond donors (Lipinski definition) is 1. The summed E-state index contributed by atoms with van der Waals surface area (Å²) < 4.78 is 37.7. The van der Waals surface area contributed by atoms with Crippen molar-refractivity contribution in [1.29, 1.82) is 0 Å². The quantitative estimate of drug-likeness (QED) is 0.931. The maximum absolute atomic E-state index is 12.6. The van der Waals surface area contributed by atoms with Crippen LogP contribution < -0.4 is 0 Å². The van der Waals surface area contributed by atoms with Crippen molar-refractivity contribution >= 4 is 17.2 Å². The summed E-state index contributed by atoms with van der Waals surface area (Å²) in [5.41, 5.74) is 1.37. The van der Waals surface area contributed by atoms with E-state index in [1.807, 2.05) is 0 Å². The number of aromatic amines is 1. The maximum Gasteiger partial charge on any atom is 0.434 e. The summed E-state index contributed by atoms with van der Waals surface area (Å²) in [5.74, 6) is -0.298. The van der Waals surface area contributed by atoms with E-state index in [1.165, 1.54) is 4.90 Å². The molecule has 2 heterocycles. The van der Waals surface area contributed by atoms with Gasteiger partial charge in [-0.2, -0.15) is 18.3 Å². The molecule has 0 radical (unpaired) electrons. The number of thiazole rings is 1. The van der Waals surface area contributed by atoms with Gasteiger partial charge in [-0.05, 0) is 25.7 Å². The Hall–Kier alpha value is -1.90. The molecule has 0 bridgehead atoms. The number of nitrogens with one attached hydrogen (secondary N) is 1. The van der Waals surface area contributed by atoms with Gasteiger partial charge in [0.05, 0.1) is 6.54 Å². The smallest absolute Gasteiger partial charge is 0.334 e. The third-order valence-corrected chi connectivity index (χ3v) is 4.65. The Kier molecular flexibility index (Phi) is 4.13. The molecule has 5 nitrogen and oxygen atoms in total. The molecule has 3 rings (SSSR count). The summed E-state index contributed by atoms with van der Waals surface area (Å²) in [4.78, 5) is 17.4. The first-order valence-corrected chi connectivity index (χ1v) is 8.07. The average molecular weight is 344 g/mol. The molecule has 0 aliphatic heterocycles. The number of aryl methyl sites for hydroxylation is 1. The van der Waals surface area contributed by atoms with Gasteiger partial charge in [-0.3, -0.25) is 9.89 Å². The highest BCUT2D eigenvalue weighted by atomic mass is 32.1. The summed E-state index contributed by atoms with van der Waals surface area (Å²) in [6, 6.07) is 0. The summed E-state index contributed by atoms with van der Waals surface area (Å²) in [5, 5.41) is 8.19. The van der Waals surface area contributed by atoms with E-state index in [-0.39, 0.29) is 17.5 Å². The van der Waals surface area contributed by atoms with Gasteiger partial charge >= 0.3 is 6.18 Å². The van der Waals surface area contributed by atoms with Crippen molar-refractivity contribution in [3.63, 3.8) is 0 Å². The lowest BCUT2D eigenvalue weighted by Crippen LogP contribution is -2.27. The highest BCUT2D eigenvalue weighted by Gasteiger charge is 2.34. The van der Waals surface area contributed by atoms with Gasteiger partial charge in [-0.15, -0.1) is 11.3 Å². The van der Waals surface area contributed by atoms with Crippen LogP contribution in [0.5, 0.6) is 0 Å². The molecule has 0 unspecified atom stereocenters. The van der Waals surface area contributed by atoms with E-state index in [1.54, 1.807) is 7.05 Å². The Morgan fingerprint density at radius 3 is 2.83 bits per heavy atom. The number of nitrogens with zero attached hydrogens (tertiary/aromatic N) is 3. The van der Waals surface area contributed by atoms with E-state index in [0.717, 1.165) is 53.7 Å². The highest BCUT2D eigenvalue weighted by molar-refractivity contribution is 7.09. The van der Waals surface area contributed by atoms with E-state index in [9.17, 15) is 18.0 Å². The third kappa shape index (κ3) is 3.24. The van der Waals surface area contributed by atoms with Gasteiger partial charge in [-0.1, -0.05) is 0 Å². The molecule has 1 aliphatic carbocycles. The first-order valence-electron chi connectivity index (χ1n) is 7.19. The van der Waals surface area contributed by atoms with Gasteiger partial charge in [-0.25, -0.2) is 4.98 Å². The molecule has 1 N–H and O–H groups in total. The molecule has 9 heteroatoms. The molecule has 1 amide bonds. The molecule has 0 saturated heterocycles. The molecule has 124 valence electrons. The Bertz CT molecular complexity index is 722. The van der Waals surface area contributed by atoms with Crippen molar-refractivity contribution in [2.24, 2.45) is 0 Å². The van der Waals surface area contributed by atoms with Crippen LogP contribution in [0, 0.1) is 0 Å². The molecule has 0 saturated carbocycles. The van der Waals surface area contributed by atoms with Crippen molar-refractivity contribution in [2.45, 2.75) is 38.4 Å². The Labute approximate surface area is 134 Å². The Morgan fingerprint density at radius 1 is 1.39 bits per heavy atom. The van der Waals surface area contributed by atoms with E-state index in [0.29, 0.717) is 5.69 Å². The molecule has 0 fully saturated rings. The van der Waals surface area contributed by atoms with Gasteiger partial charge in [0.2, 0.25) is 0 Å². The molecule has 1 aliphatic rings. The second-order valence-electron chi connectivity index (χ2n) is 5.52. The lowest BCUT2D eigenvalue weighted by atomic mass is 9.95. The second-order valence-corrected chi connectivity index (χ2v) is 6.46. The van der Waals surface area contributed by atoms with Crippen LogP contribution in [0.15, 0.2) is 5.38 Å². The molecule has 0 spiro atoms. The lowest BCUT2D eigenvalue weighted by Gasteiger charge is -2.16. The summed E-state index contributed by atoms with van der Waals surface area (Å²) in [6.07, 6.45) is -0.703. The van der Waals surface area contributed by atoms with Crippen LogP contribution in [0.4, 0.5) is 13.2 Å². The van der Waals surface area contributed by atoms with Crippen LogP contribution in [0.25, 0.3) is 0 Å². The lowest BCUT2D eigenvalue weighted by molar-refractivity contribution is -0.140. The van der Waals surface area contributed by atoms with E-state index in [2.05, 4.69) is 15.2 Å². The zero-order valence-corrected chi connectivity index (χ0v) is 13.2. The number of fused-ring (bicyclic) bond motifs is 1. The van der Waals surface area contributed by atoms with Gasteiger partial charge in [0.15, 0.2) is 11.4 Å². The molecular weight excluding hydrogens is 329 g/mol. The monoisotopic (exact) mass is 344 g/mol. The molecule has 23 heavy (non-hydrogen) atoms. The van der Waals surface area contributed by atoms with Crippen LogP contribution in [0.1, 0.15) is 45.3 Å². The van der Waals surface area contributed by atoms with E-state index >= 15 is 0 Å². The van der Waals surface area contributed by atoms with Gasteiger partial charge in [0.1, 0.15) is 5.01 Å². The first kappa shape index (κ1) is 16.0. The standard InChI is InChI=1S/C14H15F3N4OS/c1-21(6-11-18-10(7-23-11)14(15,16)17)13(22)12-8-4-2-3-5-9(8)19-20-12/h7H,2-6H2,1H3,(H,19,20). The average Bonchev–Trinajstić information content (AvgIpc) is 3.12. The minimum atomic E-state index is -4.46. The number of H-pyrrole nitrogens is 1. The number of rotatable bonds is 3. The topological polar surface area (TPSA) is 61.9 Å². The molecule has 0 aromatic carbocycles. The number of halogens is 3. The van der Waals surface area contributed by atoms with Crippen LogP contribution in [0.2, 0.25) is 0 Å². The van der Waals surface area contributed by atoms with Gasteiger partial charge < -0.3 is 4.90 Å². The van der Waals surface area contributed by atoms with Crippen molar-refractivity contribution in [3.05, 3.63) is 33.0 Å². The fourth-order valence-corrected chi connectivity index (χ4v) is 3.48. The number of aromatic nitrogens is 3. The SMILES string of the molecule is CN(Cc1nc(C(F)(F)F)cs1)C(=O)c1n[nH]c2c1CCCC2. The maximum atomic E-state index is 12.6. The minimum absolute atomic E-state index is 0.0290. The van der Waals surface area contributed by atoms with Crippen molar-refractivity contribution in [2.75, 3.05) is 7.05 Å². The molecule has 0 atom stereocenters. The number of carbonyl (C=O) groups excluding carboxylic acids is 1. The zero-order chi connectivity index (χ0) is 16.6. The number of carbonyl (C=O) groups is 1. The van der Waals surface area contributed by atoms with Gasteiger partial charge in [0, 0.05) is 23.7 Å². The van der Waals surface area contributed by atoms with E-state index < -0.39 is 11.9 Å². The van der Waals surface area contributed by atoms with Gasteiger partial charge in [0.25, 0.3) is 5.91 Å². The second kappa shape index (κ2) is 5.95. The van der Waals surface area contributed by atoms with Crippen LogP contribution in [-0.4, -0.2) is 33.0 Å². The first-order chi connectivity index (χ1) is 10.9. The largest absolute Gasteiger partial charge is 0.434 e.